The van der Waals surface area contributed by atoms with Crippen LogP contribution in [0.25, 0.3) is 10.9 Å². The second-order valence-corrected chi connectivity index (χ2v) is 6.19. The molecule has 2 rings (SSSR count). The van der Waals surface area contributed by atoms with E-state index in [0.29, 0.717) is 0 Å². The van der Waals surface area contributed by atoms with Crippen molar-refractivity contribution in [3.8, 4) is 0 Å². The fourth-order valence-electron chi connectivity index (χ4n) is 2.18. The van der Waals surface area contributed by atoms with Crippen molar-refractivity contribution < 1.29 is 14.7 Å². The van der Waals surface area contributed by atoms with E-state index in [1.54, 1.807) is 18.4 Å². The molecule has 0 aliphatic rings. The first-order valence-electron chi connectivity index (χ1n) is 6.65. The molecule has 21 heavy (non-hydrogen) atoms. The summed E-state index contributed by atoms with van der Waals surface area (Å²) in [5.74, 6) is -1.49. The van der Waals surface area contributed by atoms with Crippen LogP contribution in [0.15, 0.2) is 34.9 Å². The number of nitrogens with zero attached hydrogens (tertiary/aromatic N) is 1. The number of rotatable bonds is 5. The summed E-state index contributed by atoms with van der Waals surface area (Å²) in [4.78, 5) is 23.2. The molecule has 112 valence electrons. The van der Waals surface area contributed by atoms with Gasteiger partial charge in [-0.25, -0.2) is 4.79 Å². The first-order chi connectivity index (χ1) is 9.88. The third-order valence-electron chi connectivity index (χ3n) is 3.30. The van der Waals surface area contributed by atoms with E-state index in [0.717, 1.165) is 15.4 Å². The van der Waals surface area contributed by atoms with Gasteiger partial charge < -0.3 is 15.0 Å². The highest BCUT2D eigenvalue weighted by molar-refractivity contribution is 9.10. The number of aliphatic carboxylic acids is 1. The number of aromatic nitrogens is 1. The number of hydrogen-bond acceptors (Lipinski definition) is 2. The van der Waals surface area contributed by atoms with Crippen molar-refractivity contribution in [2.45, 2.75) is 26.4 Å². The molecule has 0 aliphatic carbocycles. The van der Waals surface area contributed by atoms with Crippen molar-refractivity contribution in [2.75, 3.05) is 0 Å². The second-order valence-electron chi connectivity index (χ2n) is 5.27. The number of nitrogens with one attached hydrogen (secondary N) is 1. The molecular formula is C15H17BrN2O3. The van der Waals surface area contributed by atoms with Gasteiger partial charge in [0.1, 0.15) is 12.6 Å². The highest BCUT2D eigenvalue weighted by Gasteiger charge is 2.23. The van der Waals surface area contributed by atoms with Gasteiger partial charge in [-0.3, -0.25) is 4.79 Å². The minimum absolute atomic E-state index is 0.0937. The topological polar surface area (TPSA) is 71.3 Å². The van der Waals surface area contributed by atoms with Crippen LogP contribution in [0.3, 0.4) is 0 Å². The van der Waals surface area contributed by atoms with E-state index in [-0.39, 0.29) is 18.4 Å². The van der Waals surface area contributed by atoms with Crippen LogP contribution >= 0.6 is 15.9 Å². The fraction of sp³-hybridized carbons (Fsp3) is 0.333. The number of benzene rings is 1. The summed E-state index contributed by atoms with van der Waals surface area (Å²) in [6.07, 6.45) is 1.82. The summed E-state index contributed by atoms with van der Waals surface area (Å²) in [5, 5.41) is 12.7. The zero-order valence-corrected chi connectivity index (χ0v) is 13.4. The number of carboxylic acids is 1. The number of amides is 1. The summed E-state index contributed by atoms with van der Waals surface area (Å²) in [6.45, 7) is 3.62. The Labute approximate surface area is 131 Å². The van der Waals surface area contributed by atoms with Crippen molar-refractivity contribution in [2.24, 2.45) is 5.92 Å². The highest BCUT2D eigenvalue weighted by Crippen LogP contribution is 2.20. The van der Waals surface area contributed by atoms with Crippen molar-refractivity contribution in [1.82, 2.24) is 9.88 Å². The Morgan fingerprint density at radius 1 is 1.33 bits per heavy atom. The van der Waals surface area contributed by atoms with Crippen LogP contribution < -0.4 is 5.32 Å². The summed E-state index contributed by atoms with van der Waals surface area (Å²) in [6, 6.07) is 6.88. The Bertz CT molecular complexity index is 679. The van der Waals surface area contributed by atoms with E-state index >= 15 is 0 Å². The van der Waals surface area contributed by atoms with Gasteiger partial charge in [0.25, 0.3) is 0 Å². The number of carboxylic acid groups (broad SMARTS) is 1. The van der Waals surface area contributed by atoms with E-state index in [1.165, 1.54) is 0 Å². The van der Waals surface area contributed by atoms with E-state index < -0.39 is 12.0 Å². The molecule has 0 fully saturated rings. The average molecular weight is 353 g/mol. The Hall–Kier alpha value is -1.82. The highest BCUT2D eigenvalue weighted by atomic mass is 79.9. The van der Waals surface area contributed by atoms with Crippen LogP contribution in [-0.4, -0.2) is 27.6 Å². The molecule has 0 radical (unpaired) electrons. The molecule has 2 N–H and O–H groups in total. The molecular weight excluding hydrogens is 336 g/mol. The van der Waals surface area contributed by atoms with Crippen molar-refractivity contribution in [3.63, 3.8) is 0 Å². The van der Waals surface area contributed by atoms with Crippen LogP contribution in [0.2, 0.25) is 0 Å². The molecule has 1 heterocycles. The van der Waals surface area contributed by atoms with Crippen molar-refractivity contribution >= 4 is 38.7 Å². The molecule has 0 aliphatic heterocycles. The van der Waals surface area contributed by atoms with Gasteiger partial charge in [0, 0.05) is 16.2 Å². The smallest absolute Gasteiger partial charge is 0.326 e. The van der Waals surface area contributed by atoms with Gasteiger partial charge in [-0.05, 0) is 29.5 Å². The lowest BCUT2D eigenvalue weighted by Gasteiger charge is -2.18. The Kier molecular flexibility index (Phi) is 4.67. The molecule has 5 nitrogen and oxygen atoms in total. The number of halogens is 1. The lowest BCUT2D eigenvalue weighted by molar-refractivity contribution is -0.143. The number of carbonyl (C=O) groups is 2. The fourth-order valence-corrected chi connectivity index (χ4v) is 2.53. The van der Waals surface area contributed by atoms with Gasteiger partial charge in [0.15, 0.2) is 0 Å². The van der Waals surface area contributed by atoms with Crippen LogP contribution in [0.4, 0.5) is 0 Å². The Morgan fingerprint density at radius 3 is 2.67 bits per heavy atom. The third-order valence-corrected chi connectivity index (χ3v) is 3.79. The normalized spacial score (nSPS) is 12.6. The molecule has 0 unspecified atom stereocenters. The summed E-state index contributed by atoms with van der Waals surface area (Å²) >= 11 is 3.40. The monoisotopic (exact) mass is 352 g/mol. The third kappa shape index (κ3) is 3.64. The first kappa shape index (κ1) is 15.6. The van der Waals surface area contributed by atoms with Crippen LogP contribution in [-0.2, 0) is 16.1 Å². The predicted molar refractivity (Wildman–Crippen MR) is 84.0 cm³/mol. The Balaban J connectivity index is 2.14. The quantitative estimate of drug-likeness (QED) is 0.868. The number of carbonyl (C=O) groups excluding carboxylic acids is 1. The molecule has 1 aromatic carbocycles. The second kappa shape index (κ2) is 6.30. The average Bonchev–Trinajstić information content (AvgIpc) is 2.78. The standard InChI is InChI=1S/C15H17BrN2O3/c1-9(2)14(15(20)21)17-13(19)8-18-6-5-10-3-4-11(16)7-12(10)18/h3-7,9,14H,8H2,1-2H3,(H,17,19)(H,20,21)/t14-/m1/s1. The lowest BCUT2D eigenvalue weighted by atomic mass is 10.1. The SMILES string of the molecule is CC(C)[C@@H](NC(=O)Cn1ccc2ccc(Br)cc21)C(=O)O. The largest absolute Gasteiger partial charge is 0.480 e. The van der Waals surface area contributed by atoms with Gasteiger partial charge in [-0.15, -0.1) is 0 Å². The number of hydrogen-bond donors (Lipinski definition) is 2. The molecule has 1 amide bonds. The predicted octanol–water partition coefficient (Wildman–Crippen LogP) is 2.63. The maximum atomic E-state index is 12.1. The Morgan fingerprint density at radius 2 is 2.05 bits per heavy atom. The minimum Gasteiger partial charge on any atom is -0.480 e. The van der Waals surface area contributed by atoms with Crippen molar-refractivity contribution in [1.29, 1.82) is 0 Å². The van der Waals surface area contributed by atoms with Crippen LogP contribution in [0, 0.1) is 5.92 Å². The van der Waals surface area contributed by atoms with Gasteiger partial charge in [-0.2, -0.15) is 0 Å². The minimum atomic E-state index is -1.02. The first-order valence-corrected chi connectivity index (χ1v) is 7.44. The molecule has 0 saturated carbocycles. The maximum Gasteiger partial charge on any atom is 0.326 e. The molecule has 0 spiro atoms. The van der Waals surface area contributed by atoms with Gasteiger partial charge in [0.05, 0.1) is 0 Å². The zero-order chi connectivity index (χ0) is 15.6. The van der Waals surface area contributed by atoms with E-state index in [4.69, 9.17) is 5.11 Å². The van der Waals surface area contributed by atoms with Gasteiger partial charge >= 0.3 is 5.97 Å². The van der Waals surface area contributed by atoms with E-state index in [9.17, 15) is 9.59 Å². The van der Waals surface area contributed by atoms with Crippen molar-refractivity contribution in [3.05, 3.63) is 34.9 Å². The van der Waals surface area contributed by atoms with Gasteiger partial charge in [0.2, 0.25) is 5.91 Å². The molecule has 1 aromatic heterocycles. The van der Waals surface area contributed by atoms with Crippen LogP contribution in [0.5, 0.6) is 0 Å². The molecule has 0 saturated heterocycles. The zero-order valence-electron chi connectivity index (χ0n) is 11.8. The summed E-state index contributed by atoms with van der Waals surface area (Å²) in [7, 11) is 0. The maximum absolute atomic E-state index is 12.1. The van der Waals surface area contributed by atoms with E-state index in [2.05, 4.69) is 21.2 Å². The van der Waals surface area contributed by atoms with Gasteiger partial charge in [-0.1, -0.05) is 35.8 Å². The molecule has 1 atom stereocenters. The summed E-state index contributed by atoms with van der Waals surface area (Å²) < 4.78 is 2.73. The molecule has 2 aromatic rings. The summed E-state index contributed by atoms with van der Waals surface area (Å²) in [5.41, 5.74) is 0.927. The molecule has 0 bridgehead atoms. The lowest BCUT2D eigenvalue weighted by Crippen LogP contribution is -2.45. The number of fused-ring (bicyclic) bond motifs is 1. The van der Waals surface area contributed by atoms with E-state index in [1.807, 2.05) is 30.5 Å². The van der Waals surface area contributed by atoms with Crippen LogP contribution in [0.1, 0.15) is 13.8 Å². The molecule has 6 heteroatoms.